The Morgan fingerprint density at radius 2 is 1.76 bits per heavy atom. The molecule has 1 spiro atoms. The zero-order valence-corrected chi connectivity index (χ0v) is 24.9. The molecule has 2 fully saturated rings. The van der Waals surface area contributed by atoms with Crippen LogP contribution in [0.4, 0.5) is 0 Å². The Morgan fingerprint density at radius 1 is 1.05 bits per heavy atom. The molecule has 7 atom stereocenters. The highest BCUT2D eigenvalue weighted by Gasteiger charge is 2.72. The predicted molar refractivity (Wildman–Crippen MR) is 154 cm³/mol. The highest BCUT2D eigenvalue weighted by molar-refractivity contribution is 5.99. The lowest BCUT2D eigenvalue weighted by Crippen LogP contribution is -2.58. The third kappa shape index (κ3) is 4.94. The normalized spacial score (nSPS) is 34.7. The summed E-state index contributed by atoms with van der Waals surface area (Å²) in [5.74, 6) is -3.52. The number of β-amino-alcohol motifs (C(OH)–C–C–N with tert-alkyl or cyclic N) is 1. The van der Waals surface area contributed by atoms with Crippen LogP contribution in [0.1, 0.15) is 52.2 Å². The molecule has 3 amide bonds. The van der Waals surface area contributed by atoms with Gasteiger partial charge in [0.1, 0.15) is 23.7 Å². The van der Waals surface area contributed by atoms with Crippen molar-refractivity contribution in [3.05, 3.63) is 60.2 Å². The molecule has 1 N–H and O–H groups in total. The molecule has 5 rings (SSSR count). The van der Waals surface area contributed by atoms with Crippen molar-refractivity contribution in [2.45, 2.75) is 76.0 Å². The number of likely N-dealkylation sites (tertiary alicyclic amines) is 1. The average Bonchev–Trinajstić information content (AvgIpc) is 3.32. The fraction of sp³-hybridized carbons (Fsp3) is 0.562. The van der Waals surface area contributed by atoms with Gasteiger partial charge in [-0.1, -0.05) is 54.6 Å². The topological polar surface area (TPSA) is 117 Å². The van der Waals surface area contributed by atoms with Crippen molar-refractivity contribution in [3.8, 4) is 0 Å². The Labute approximate surface area is 246 Å². The van der Waals surface area contributed by atoms with E-state index in [1.807, 2.05) is 64.1 Å². The summed E-state index contributed by atoms with van der Waals surface area (Å²) in [4.78, 5) is 60.3. The van der Waals surface area contributed by atoms with Crippen molar-refractivity contribution < 1.29 is 33.8 Å². The van der Waals surface area contributed by atoms with Crippen LogP contribution in [0.5, 0.6) is 0 Å². The summed E-state index contributed by atoms with van der Waals surface area (Å²) in [5.41, 5.74) is -1.25. The number of esters is 1. The first-order valence-corrected chi connectivity index (χ1v) is 14.7. The molecule has 0 bridgehead atoms. The molecule has 4 aliphatic rings. The number of fused-ring (bicyclic) bond motifs is 2. The maximum atomic E-state index is 14.3. The molecule has 0 aromatic heterocycles. The molecule has 1 aromatic rings. The number of hydrogen-bond donors (Lipinski definition) is 1. The van der Waals surface area contributed by atoms with E-state index in [0.717, 1.165) is 5.56 Å². The van der Waals surface area contributed by atoms with Crippen molar-refractivity contribution in [3.63, 3.8) is 0 Å². The number of carbonyl (C=O) groups is 4. The Bertz CT molecular complexity index is 1290. The SMILES string of the molecule is C[C@@H]1[C@@H](c2ccccc2)OC(=O)[C@@H]2[C@H]3C(=O)N(CCO)[C@@H]4C(=O)N(C(C)(C)C)CC=C[C@]34O[C@@H]2/C=C\CCC(=O)N1C. The summed E-state index contributed by atoms with van der Waals surface area (Å²) in [6.45, 7) is 7.51. The second-order valence-electron chi connectivity index (χ2n) is 12.6. The van der Waals surface area contributed by atoms with Crippen LogP contribution in [-0.2, 0) is 28.7 Å². The summed E-state index contributed by atoms with van der Waals surface area (Å²) >= 11 is 0. The molecular formula is C32H41N3O7. The third-order valence-corrected chi connectivity index (χ3v) is 9.08. The lowest BCUT2D eigenvalue weighted by atomic mass is 9.77. The largest absolute Gasteiger partial charge is 0.455 e. The lowest BCUT2D eigenvalue weighted by Gasteiger charge is -2.40. The van der Waals surface area contributed by atoms with Crippen molar-refractivity contribution in [1.29, 1.82) is 0 Å². The van der Waals surface area contributed by atoms with Gasteiger partial charge < -0.3 is 29.3 Å². The number of allylic oxidation sites excluding steroid dienone is 1. The summed E-state index contributed by atoms with van der Waals surface area (Å²) in [6, 6.07) is 7.69. The number of aliphatic hydroxyl groups is 1. The summed E-state index contributed by atoms with van der Waals surface area (Å²) in [5, 5.41) is 9.89. The smallest absolute Gasteiger partial charge is 0.313 e. The van der Waals surface area contributed by atoms with E-state index < -0.39 is 59.1 Å². The summed E-state index contributed by atoms with van der Waals surface area (Å²) in [7, 11) is 1.70. The van der Waals surface area contributed by atoms with E-state index in [9.17, 15) is 24.3 Å². The zero-order valence-electron chi connectivity index (χ0n) is 24.9. The van der Waals surface area contributed by atoms with Gasteiger partial charge in [0, 0.05) is 32.1 Å². The third-order valence-electron chi connectivity index (χ3n) is 9.08. The molecule has 0 saturated carbocycles. The van der Waals surface area contributed by atoms with Crippen LogP contribution in [0.15, 0.2) is 54.6 Å². The van der Waals surface area contributed by atoms with Gasteiger partial charge in [0.2, 0.25) is 17.7 Å². The van der Waals surface area contributed by atoms with Gasteiger partial charge in [-0.15, -0.1) is 0 Å². The molecule has 10 nitrogen and oxygen atoms in total. The van der Waals surface area contributed by atoms with Crippen LogP contribution < -0.4 is 0 Å². The van der Waals surface area contributed by atoms with Crippen molar-refractivity contribution >= 4 is 23.7 Å². The van der Waals surface area contributed by atoms with Crippen LogP contribution >= 0.6 is 0 Å². The van der Waals surface area contributed by atoms with E-state index in [-0.39, 0.29) is 31.4 Å². The van der Waals surface area contributed by atoms with Crippen molar-refractivity contribution in [1.82, 2.24) is 14.7 Å². The number of cyclic esters (lactones) is 1. The number of carbonyl (C=O) groups excluding carboxylic acids is 4. The summed E-state index contributed by atoms with van der Waals surface area (Å²) in [6.07, 6.45) is 6.14. The highest BCUT2D eigenvalue weighted by atomic mass is 16.6. The lowest BCUT2D eigenvalue weighted by molar-refractivity contribution is -0.164. The molecular weight excluding hydrogens is 538 g/mol. The van der Waals surface area contributed by atoms with E-state index in [2.05, 4.69) is 0 Å². The Morgan fingerprint density at radius 3 is 2.43 bits per heavy atom. The Balaban J connectivity index is 1.62. The van der Waals surface area contributed by atoms with Gasteiger partial charge in [0.05, 0.1) is 24.7 Å². The van der Waals surface area contributed by atoms with E-state index in [1.54, 1.807) is 35.1 Å². The fourth-order valence-electron chi connectivity index (χ4n) is 6.84. The van der Waals surface area contributed by atoms with Gasteiger partial charge in [-0.05, 0) is 39.7 Å². The van der Waals surface area contributed by atoms with Gasteiger partial charge in [0.15, 0.2) is 0 Å². The Hall–Kier alpha value is -3.50. The van der Waals surface area contributed by atoms with Crippen LogP contribution in [0.2, 0.25) is 0 Å². The summed E-state index contributed by atoms with van der Waals surface area (Å²) < 4.78 is 12.9. The molecule has 4 heterocycles. The molecule has 1 aromatic carbocycles. The second kappa shape index (κ2) is 11.3. The first kappa shape index (κ1) is 30.0. The quantitative estimate of drug-likeness (QED) is 0.431. The van der Waals surface area contributed by atoms with Crippen LogP contribution in [0.3, 0.4) is 0 Å². The molecule has 42 heavy (non-hydrogen) atoms. The Kier molecular flexibility index (Phi) is 8.06. The first-order chi connectivity index (χ1) is 19.9. The standard InChI is InChI=1S/C32H41N3O7/c1-20-26(21-12-7-6-8-13-21)41-30(40)24-22(14-9-10-15-23(37)33(20)5)42-32-16-11-17-35(31(2,3)4)29(39)27(32)34(18-19-36)28(38)25(24)32/h6-9,11-14,16,20,22,24-27,36H,10,15,17-19H2,1-5H3/b14-9-/t20-,22-,24+,25+,26+,27-,32+/m1/s1. The van der Waals surface area contributed by atoms with Crippen LogP contribution in [-0.4, -0.2) is 99.6 Å². The molecule has 10 heteroatoms. The fourth-order valence-corrected chi connectivity index (χ4v) is 6.84. The molecule has 4 aliphatic heterocycles. The van der Waals surface area contributed by atoms with Gasteiger partial charge in [-0.3, -0.25) is 19.2 Å². The minimum atomic E-state index is -1.43. The van der Waals surface area contributed by atoms with Crippen molar-refractivity contribution in [2.24, 2.45) is 11.8 Å². The maximum absolute atomic E-state index is 14.3. The first-order valence-electron chi connectivity index (χ1n) is 14.7. The second-order valence-corrected chi connectivity index (χ2v) is 12.6. The molecule has 2 saturated heterocycles. The highest BCUT2D eigenvalue weighted by Crippen LogP contribution is 2.53. The average molecular weight is 580 g/mol. The van der Waals surface area contributed by atoms with Gasteiger partial charge >= 0.3 is 5.97 Å². The van der Waals surface area contributed by atoms with Gasteiger partial charge in [0.25, 0.3) is 0 Å². The maximum Gasteiger partial charge on any atom is 0.313 e. The van der Waals surface area contributed by atoms with Crippen molar-refractivity contribution in [2.75, 3.05) is 26.7 Å². The molecule has 0 aliphatic carbocycles. The number of amides is 3. The van der Waals surface area contributed by atoms with E-state index >= 15 is 0 Å². The number of ether oxygens (including phenoxy) is 2. The van der Waals surface area contributed by atoms with Crippen LogP contribution in [0, 0.1) is 11.8 Å². The minimum absolute atomic E-state index is 0.0679. The molecule has 0 radical (unpaired) electrons. The van der Waals surface area contributed by atoms with Gasteiger partial charge in [-0.25, -0.2) is 0 Å². The molecule has 226 valence electrons. The number of benzene rings is 1. The van der Waals surface area contributed by atoms with E-state index in [4.69, 9.17) is 9.47 Å². The number of likely N-dealkylation sites (N-methyl/N-ethyl adjacent to an activating group) is 1. The number of nitrogens with zero attached hydrogens (tertiary/aromatic N) is 3. The number of aliphatic hydroxyl groups excluding tert-OH is 1. The van der Waals surface area contributed by atoms with E-state index in [0.29, 0.717) is 13.0 Å². The predicted octanol–water partition coefficient (Wildman–Crippen LogP) is 2.24. The zero-order chi connectivity index (χ0) is 30.4. The van der Waals surface area contributed by atoms with E-state index in [1.165, 1.54) is 4.90 Å². The minimum Gasteiger partial charge on any atom is -0.455 e. The number of hydrogen-bond acceptors (Lipinski definition) is 7. The molecule has 0 unspecified atom stereocenters. The van der Waals surface area contributed by atoms with Gasteiger partial charge in [-0.2, -0.15) is 0 Å². The number of rotatable bonds is 3. The van der Waals surface area contributed by atoms with Crippen LogP contribution in [0.25, 0.3) is 0 Å². The monoisotopic (exact) mass is 579 g/mol.